The van der Waals surface area contributed by atoms with Crippen LogP contribution < -0.4 is 0 Å². The monoisotopic (exact) mass is 270 g/mol. The summed E-state index contributed by atoms with van der Waals surface area (Å²) in [5, 5.41) is 0. The minimum atomic E-state index is -3.42. The first-order chi connectivity index (χ1) is 7.41. The molecule has 0 bridgehead atoms. The zero-order chi connectivity index (χ0) is 12.3. The molecule has 96 valence electrons. The Balaban J connectivity index is 2.88. The Kier molecular flexibility index (Phi) is 5.00. The quantitative estimate of drug-likeness (QED) is 0.700. The maximum absolute atomic E-state index is 12.2. The largest absolute Gasteiger partial charge is 0.378 e. The van der Waals surface area contributed by atoms with Gasteiger partial charge in [-0.3, -0.25) is 0 Å². The van der Waals surface area contributed by atoms with E-state index in [-0.39, 0.29) is 18.0 Å². The van der Waals surface area contributed by atoms with E-state index in [1.54, 1.807) is 7.05 Å². The third-order valence-corrected chi connectivity index (χ3v) is 5.32. The van der Waals surface area contributed by atoms with Gasteiger partial charge < -0.3 is 4.74 Å². The summed E-state index contributed by atoms with van der Waals surface area (Å²) in [7, 11) is -1.84. The van der Waals surface area contributed by atoms with Crippen LogP contribution in [0.25, 0.3) is 0 Å². The summed E-state index contributed by atoms with van der Waals surface area (Å²) in [5.41, 5.74) is 0. The summed E-state index contributed by atoms with van der Waals surface area (Å²) in [6, 6.07) is -0.328. The molecule has 0 spiro atoms. The summed E-state index contributed by atoms with van der Waals surface area (Å²) in [4.78, 5) is 0. The summed E-state index contributed by atoms with van der Waals surface area (Å²) in [6.45, 7) is 4.85. The fourth-order valence-corrected chi connectivity index (χ4v) is 3.52. The maximum atomic E-state index is 12.2. The van der Waals surface area contributed by atoms with Crippen LogP contribution in [0.2, 0.25) is 0 Å². The molecule has 1 saturated heterocycles. The highest BCUT2D eigenvalue weighted by Crippen LogP contribution is 2.17. The Morgan fingerprint density at radius 1 is 1.56 bits per heavy atom. The van der Waals surface area contributed by atoms with E-state index in [0.29, 0.717) is 19.8 Å². The molecule has 0 saturated carbocycles. The van der Waals surface area contributed by atoms with Gasteiger partial charge in [-0.1, -0.05) is 0 Å². The molecule has 16 heavy (non-hydrogen) atoms. The molecule has 0 aliphatic carbocycles. The molecular weight excluding hydrogens is 252 g/mol. The highest BCUT2D eigenvalue weighted by atomic mass is 35.5. The van der Waals surface area contributed by atoms with E-state index in [2.05, 4.69) is 0 Å². The second-order valence-corrected chi connectivity index (χ2v) is 6.36. The van der Waals surface area contributed by atoms with Gasteiger partial charge in [-0.15, -0.1) is 11.6 Å². The fourth-order valence-electron chi connectivity index (χ4n) is 1.50. The van der Waals surface area contributed by atoms with Crippen LogP contribution in [0.3, 0.4) is 0 Å². The van der Waals surface area contributed by atoms with Crippen molar-refractivity contribution in [3.8, 4) is 0 Å². The van der Waals surface area contributed by atoms with Crippen molar-refractivity contribution in [2.75, 3.05) is 32.7 Å². The third-order valence-electron chi connectivity index (χ3n) is 2.74. The van der Waals surface area contributed by atoms with Gasteiger partial charge in [0.05, 0.1) is 19.3 Å². The SMILES string of the molecule is CC(C)N(C)S(=O)(=O)N1CCOCC1CCl. The Bertz CT molecular complexity index is 321. The van der Waals surface area contributed by atoms with Crippen LogP contribution in [0.5, 0.6) is 0 Å². The number of nitrogens with zero attached hydrogens (tertiary/aromatic N) is 2. The topological polar surface area (TPSA) is 49.9 Å². The molecule has 5 nitrogen and oxygen atoms in total. The van der Waals surface area contributed by atoms with Gasteiger partial charge in [-0.25, -0.2) is 0 Å². The summed E-state index contributed by atoms with van der Waals surface area (Å²) < 4.78 is 32.5. The van der Waals surface area contributed by atoms with Crippen molar-refractivity contribution in [3.05, 3.63) is 0 Å². The van der Waals surface area contributed by atoms with Gasteiger partial charge in [-0.05, 0) is 13.8 Å². The molecular formula is C9H19ClN2O3S. The molecule has 1 unspecified atom stereocenters. The second kappa shape index (κ2) is 5.64. The van der Waals surface area contributed by atoms with Gasteiger partial charge in [-0.2, -0.15) is 17.0 Å². The van der Waals surface area contributed by atoms with Crippen molar-refractivity contribution in [2.45, 2.75) is 25.9 Å². The summed E-state index contributed by atoms with van der Waals surface area (Å²) in [6.07, 6.45) is 0. The molecule has 0 aromatic carbocycles. The predicted molar refractivity (Wildman–Crippen MR) is 63.9 cm³/mol. The molecule has 0 N–H and O–H groups in total. The van der Waals surface area contributed by atoms with E-state index in [1.165, 1.54) is 8.61 Å². The lowest BCUT2D eigenvalue weighted by molar-refractivity contribution is 0.0375. The lowest BCUT2D eigenvalue weighted by Crippen LogP contribution is -2.54. The van der Waals surface area contributed by atoms with Gasteiger partial charge in [0, 0.05) is 25.5 Å². The molecule has 1 aliphatic heterocycles. The van der Waals surface area contributed by atoms with E-state index >= 15 is 0 Å². The summed E-state index contributed by atoms with van der Waals surface area (Å²) >= 11 is 5.76. The highest BCUT2D eigenvalue weighted by molar-refractivity contribution is 7.86. The van der Waals surface area contributed by atoms with Crippen LogP contribution in [0.1, 0.15) is 13.8 Å². The first-order valence-corrected chi connectivity index (χ1v) is 7.23. The Labute approximate surface area is 102 Å². The molecule has 0 radical (unpaired) electrons. The number of hydrogen-bond donors (Lipinski definition) is 0. The number of rotatable bonds is 4. The lowest BCUT2D eigenvalue weighted by atomic mass is 10.3. The van der Waals surface area contributed by atoms with Crippen LogP contribution in [-0.4, -0.2) is 61.8 Å². The fraction of sp³-hybridized carbons (Fsp3) is 1.00. The summed E-state index contributed by atoms with van der Waals surface area (Å²) in [5.74, 6) is 0.255. The van der Waals surface area contributed by atoms with Crippen molar-refractivity contribution >= 4 is 21.8 Å². The van der Waals surface area contributed by atoms with Crippen LogP contribution in [-0.2, 0) is 14.9 Å². The van der Waals surface area contributed by atoms with Crippen molar-refractivity contribution < 1.29 is 13.2 Å². The zero-order valence-electron chi connectivity index (χ0n) is 9.89. The van der Waals surface area contributed by atoms with Crippen LogP contribution in [0, 0.1) is 0 Å². The van der Waals surface area contributed by atoms with Crippen LogP contribution in [0.15, 0.2) is 0 Å². The maximum Gasteiger partial charge on any atom is 0.282 e. The molecule has 7 heteroatoms. The van der Waals surface area contributed by atoms with Crippen molar-refractivity contribution in [3.63, 3.8) is 0 Å². The molecule has 1 rings (SSSR count). The number of ether oxygens (including phenoxy) is 1. The van der Waals surface area contributed by atoms with E-state index in [9.17, 15) is 8.42 Å². The van der Waals surface area contributed by atoms with Crippen LogP contribution >= 0.6 is 11.6 Å². The van der Waals surface area contributed by atoms with Crippen LogP contribution in [0.4, 0.5) is 0 Å². The Morgan fingerprint density at radius 2 is 2.19 bits per heavy atom. The number of hydrogen-bond acceptors (Lipinski definition) is 3. The van der Waals surface area contributed by atoms with Gasteiger partial charge in [0.2, 0.25) is 0 Å². The zero-order valence-corrected chi connectivity index (χ0v) is 11.5. The molecule has 0 aromatic heterocycles. The van der Waals surface area contributed by atoms with E-state index in [0.717, 1.165) is 0 Å². The molecule has 0 amide bonds. The first-order valence-electron chi connectivity index (χ1n) is 5.29. The van der Waals surface area contributed by atoms with E-state index < -0.39 is 10.2 Å². The van der Waals surface area contributed by atoms with Gasteiger partial charge in [0.15, 0.2) is 0 Å². The third kappa shape index (κ3) is 2.87. The number of morpholine rings is 1. The van der Waals surface area contributed by atoms with Crippen molar-refractivity contribution in [1.29, 1.82) is 0 Å². The second-order valence-electron chi connectivity index (χ2n) is 4.11. The number of halogens is 1. The highest BCUT2D eigenvalue weighted by Gasteiger charge is 2.35. The standard InChI is InChI=1S/C9H19ClN2O3S/c1-8(2)11(3)16(13,14)12-4-5-15-7-9(12)6-10/h8-9H,4-7H2,1-3H3. The van der Waals surface area contributed by atoms with Gasteiger partial charge in [0.1, 0.15) is 0 Å². The van der Waals surface area contributed by atoms with E-state index in [4.69, 9.17) is 16.3 Å². The molecule has 1 atom stereocenters. The average Bonchev–Trinajstić information content (AvgIpc) is 2.27. The van der Waals surface area contributed by atoms with Crippen molar-refractivity contribution in [1.82, 2.24) is 8.61 Å². The smallest absolute Gasteiger partial charge is 0.282 e. The normalized spacial score (nSPS) is 24.2. The molecule has 1 heterocycles. The predicted octanol–water partition coefficient (Wildman–Crippen LogP) is 0.511. The molecule has 1 fully saturated rings. The van der Waals surface area contributed by atoms with Crippen molar-refractivity contribution in [2.24, 2.45) is 0 Å². The molecule has 0 aromatic rings. The first kappa shape index (κ1) is 14.2. The van der Waals surface area contributed by atoms with Gasteiger partial charge >= 0.3 is 0 Å². The molecule has 1 aliphatic rings. The Morgan fingerprint density at radius 3 is 2.69 bits per heavy atom. The average molecular weight is 271 g/mol. The minimum Gasteiger partial charge on any atom is -0.378 e. The Hall–Kier alpha value is 0.120. The minimum absolute atomic E-state index is 0.0659. The van der Waals surface area contributed by atoms with E-state index in [1.807, 2.05) is 13.8 Å². The number of alkyl halides is 1. The lowest BCUT2D eigenvalue weighted by Gasteiger charge is -2.36. The van der Waals surface area contributed by atoms with Gasteiger partial charge in [0.25, 0.3) is 10.2 Å².